The summed E-state index contributed by atoms with van der Waals surface area (Å²) in [4.78, 5) is 4.67. The fourth-order valence-corrected chi connectivity index (χ4v) is 2.12. The highest BCUT2D eigenvalue weighted by molar-refractivity contribution is 7.99. The Labute approximate surface area is 149 Å². The van der Waals surface area contributed by atoms with Crippen molar-refractivity contribution in [1.29, 1.82) is 0 Å². The fraction of sp³-hybridized carbons (Fsp3) is 0.588. The topological polar surface area (TPSA) is 64.1 Å². The predicted octanol–water partition coefficient (Wildman–Crippen LogP) is 3.23. The summed E-state index contributed by atoms with van der Waals surface area (Å²) < 4.78 is 16.2. The van der Waals surface area contributed by atoms with Gasteiger partial charge < -0.3 is 24.8 Å². The number of anilines is 1. The molecule has 0 bridgehead atoms. The van der Waals surface area contributed by atoms with Crippen LogP contribution in [0.25, 0.3) is 0 Å². The van der Waals surface area contributed by atoms with E-state index in [9.17, 15) is 0 Å². The Morgan fingerprint density at radius 1 is 1.12 bits per heavy atom. The third-order valence-corrected chi connectivity index (χ3v) is 4.68. The second kappa shape index (κ2) is 9.52. The van der Waals surface area contributed by atoms with Gasteiger partial charge in [0.15, 0.2) is 17.5 Å². The van der Waals surface area contributed by atoms with Crippen molar-refractivity contribution in [3.63, 3.8) is 0 Å². The first-order valence-electron chi connectivity index (χ1n) is 7.81. The van der Waals surface area contributed by atoms with E-state index < -0.39 is 0 Å². The zero-order valence-electron chi connectivity index (χ0n) is 15.6. The smallest absolute Gasteiger partial charge is 0.203 e. The first-order valence-corrected chi connectivity index (χ1v) is 9.03. The predicted molar refractivity (Wildman–Crippen MR) is 103 cm³/mol. The van der Waals surface area contributed by atoms with E-state index in [2.05, 4.69) is 35.7 Å². The van der Waals surface area contributed by atoms with E-state index >= 15 is 0 Å². The maximum atomic E-state index is 5.38. The Morgan fingerprint density at radius 3 is 2.12 bits per heavy atom. The van der Waals surface area contributed by atoms with Crippen LogP contribution in [0.3, 0.4) is 0 Å². The van der Waals surface area contributed by atoms with Gasteiger partial charge in [-0.05, 0) is 27.0 Å². The van der Waals surface area contributed by atoms with Gasteiger partial charge >= 0.3 is 0 Å². The first-order chi connectivity index (χ1) is 11.4. The van der Waals surface area contributed by atoms with E-state index in [1.807, 2.05) is 19.1 Å². The van der Waals surface area contributed by atoms with Crippen LogP contribution in [-0.2, 0) is 0 Å². The quantitative estimate of drug-likeness (QED) is 0.551. The van der Waals surface area contributed by atoms with Gasteiger partial charge in [0.1, 0.15) is 0 Å². The maximum absolute atomic E-state index is 5.38. The van der Waals surface area contributed by atoms with Gasteiger partial charge in [0.2, 0.25) is 5.75 Å². The van der Waals surface area contributed by atoms with Gasteiger partial charge in [-0.25, -0.2) is 0 Å². The molecule has 6 nitrogen and oxygen atoms in total. The molecule has 1 aromatic rings. The molecule has 0 aliphatic carbocycles. The number of thioether (sulfide) groups is 1. The molecule has 0 aliphatic heterocycles. The SMILES string of the molecule is CCNC(=NCC(C)(C)SC)Nc1cc(OC)c(OC)c(OC)c1. The summed E-state index contributed by atoms with van der Waals surface area (Å²) in [7, 11) is 4.78. The summed E-state index contributed by atoms with van der Waals surface area (Å²) in [5.74, 6) is 2.48. The molecule has 1 aromatic carbocycles. The molecule has 2 N–H and O–H groups in total. The number of nitrogens with zero attached hydrogens (tertiary/aromatic N) is 1. The summed E-state index contributed by atoms with van der Waals surface area (Å²) >= 11 is 1.79. The van der Waals surface area contributed by atoms with Gasteiger partial charge in [0.25, 0.3) is 0 Å². The number of benzene rings is 1. The Bertz CT molecular complexity index is 537. The van der Waals surface area contributed by atoms with E-state index in [4.69, 9.17) is 14.2 Å². The highest BCUT2D eigenvalue weighted by Gasteiger charge is 2.17. The van der Waals surface area contributed by atoms with Crippen LogP contribution >= 0.6 is 11.8 Å². The van der Waals surface area contributed by atoms with Crippen LogP contribution in [0.4, 0.5) is 5.69 Å². The van der Waals surface area contributed by atoms with Crippen LogP contribution in [0.5, 0.6) is 17.2 Å². The Hall–Kier alpha value is -1.76. The van der Waals surface area contributed by atoms with Crippen molar-refractivity contribution in [2.75, 3.05) is 46.0 Å². The number of aliphatic imine (C=N–C) groups is 1. The van der Waals surface area contributed by atoms with Gasteiger partial charge in [-0.2, -0.15) is 11.8 Å². The third kappa shape index (κ3) is 5.70. The number of guanidine groups is 1. The molecule has 0 fully saturated rings. The first kappa shape index (κ1) is 20.3. The largest absolute Gasteiger partial charge is 0.493 e. The van der Waals surface area contributed by atoms with Crippen molar-refractivity contribution >= 4 is 23.4 Å². The summed E-state index contributed by atoms with van der Waals surface area (Å²) in [5, 5.41) is 6.54. The number of nitrogens with one attached hydrogen (secondary N) is 2. The molecular formula is C17H29N3O3S. The molecule has 0 aliphatic rings. The number of hydrogen-bond acceptors (Lipinski definition) is 5. The van der Waals surface area contributed by atoms with E-state index in [0.29, 0.717) is 29.8 Å². The van der Waals surface area contributed by atoms with Crippen LogP contribution in [-0.4, -0.2) is 51.4 Å². The van der Waals surface area contributed by atoms with E-state index in [0.717, 1.165) is 12.2 Å². The minimum absolute atomic E-state index is 0.0810. The molecule has 0 saturated carbocycles. The molecule has 24 heavy (non-hydrogen) atoms. The summed E-state index contributed by atoms with van der Waals surface area (Å²) in [6.45, 7) is 7.85. The number of hydrogen-bond donors (Lipinski definition) is 2. The molecule has 0 aromatic heterocycles. The van der Waals surface area contributed by atoms with Gasteiger partial charge in [-0.1, -0.05) is 0 Å². The molecule has 0 atom stereocenters. The minimum atomic E-state index is 0.0810. The zero-order chi connectivity index (χ0) is 18.2. The number of methoxy groups -OCH3 is 3. The molecule has 136 valence electrons. The highest BCUT2D eigenvalue weighted by Crippen LogP contribution is 2.39. The van der Waals surface area contributed by atoms with Crippen LogP contribution in [0, 0.1) is 0 Å². The zero-order valence-corrected chi connectivity index (χ0v) is 16.5. The molecule has 7 heteroatoms. The lowest BCUT2D eigenvalue weighted by molar-refractivity contribution is 0.324. The molecule has 1 rings (SSSR count). The normalized spacial score (nSPS) is 11.9. The fourth-order valence-electron chi connectivity index (χ4n) is 1.93. The lowest BCUT2D eigenvalue weighted by Crippen LogP contribution is -2.32. The second-order valence-corrected chi connectivity index (χ2v) is 7.21. The molecule has 0 radical (unpaired) electrons. The van der Waals surface area contributed by atoms with Crippen molar-refractivity contribution in [2.24, 2.45) is 4.99 Å². The van der Waals surface area contributed by atoms with Crippen molar-refractivity contribution in [3.8, 4) is 17.2 Å². The van der Waals surface area contributed by atoms with Crippen LogP contribution in [0.2, 0.25) is 0 Å². The standard InChI is InChI=1S/C17H29N3O3S/c1-8-18-16(19-11-17(2,3)24-7)20-12-9-13(21-4)15(23-6)14(10-12)22-5/h9-10H,8,11H2,1-7H3,(H2,18,19,20). The van der Waals surface area contributed by atoms with Gasteiger partial charge in [0.05, 0.1) is 27.9 Å². The average Bonchev–Trinajstić information content (AvgIpc) is 2.58. The summed E-state index contributed by atoms with van der Waals surface area (Å²) in [6.07, 6.45) is 2.09. The maximum Gasteiger partial charge on any atom is 0.203 e. The van der Waals surface area contributed by atoms with Crippen LogP contribution < -0.4 is 24.8 Å². The van der Waals surface area contributed by atoms with Crippen molar-refractivity contribution in [2.45, 2.75) is 25.5 Å². The molecule has 0 amide bonds. The lowest BCUT2D eigenvalue weighted by atomic mass is 10.2. The monoisotopic (exact) mass is 355 g/mol. The van der Waals surface area contributed by atoms with Gasteiger partial charge in [-0.3, -0.25) is 4.99 Å². The summed E-state index contributed by atoms with van der Waals surface area (Å²) in [6, 6.07) is 3.71. The van der Waals surface area contributed by atoms with Crippen molar-refractivity contribution in [3.05, 3.63) is 12.1 Å². The van der Waals surface area contributed by atoms with E-state index in [1.165, 1.54) is 0 Å². The second-order valence-electron chi connectivity index (χ2n) is 5.70. The Balaban J connectivity index is 3.08. The Kier molecular flexibility index (Phi) is 8.04. The van der Waals surface area contributed by atoms with Gasteiger partial charge in [-0.15, -0.1) is 0 Å². The molecule has 0 spiro atoms. The highest BCUT2D eigenvalue weighted by atomic mass is 32.2. The average molecular weight is 356 g/mol. The van der Waals surface area contributed by atoms with E-state index in [1.54, 1.807) is 33.1 Å². The molecule has 0 unspecified atom stereocenters. The number of rotatable bonds is 8. The lowest BCUT2D eigenvalue weighted by Gasteiger charge is -2.21. The number of ether oxygens (including phenoxy) is 3. The third-order valence-electron chi connectivity index (χ3n) is 3.44. The molecule has 0 heterocycles. The van der Waals surface area contributed by atoms with Gasteiger partial charge in [0, 0.05) is 29.1 Å². The molecular weight excluding hydrogens is 326 g/mol. The minimum Gasteiger partial charge on any atom is -0.493 e. The van der Waals surface area contributed by atoms with Crippen molar-refractivity contribution in [1.82, 2.24) is 5.32 Å². The van der Waals surface area contributed by atoms with E-state index in [-0.39, 0.29) is 4.75 Å². The molecule has 0 saturated heterocycles. The summed E-state index contributed by atoms with van der Waals surface area (Å²) in [5.41, 5.74) is 0.811. The van der Waals surface area contributed by atoms with Crippen molar-refractivity contribution < 1.29 is 14.2 Å². The Morgan fingerprint density at radius 2 is 1.71 bits per heavy atom. The van der Waals surface area contributed by atoms with Crippen LogP contribution in [0.15, 0.2) is 17.1 Å². The van der Waals surface area contributed by atoms with Crippen LogP contribution in [0.1, 0.15) is 20.8 Å².